The monoisotopic (exact) mass is 321 g/mol. The predicted octanol–water partition coefficient (Wildman–Crippen LogP) is 3.31. The van der Waals surface area contributed by atoms with Gasteiger partial charge in [0.1, 0.15) is 11.3 Å². The highest BCUT2D eigenvalue weighted by atomic mass is 35.5. The molecule has 1 aromatic heterocycles. The van der Waals surface area contributed by atoms with Crippen LogP contribution >= 0.6 is 11.6 Å². The van der Waals surface area contributed by atoms with Crippen LogP contribution in [0.4, 0.5) is 4.39 Å². The molecule has 0 atom stereocenters. The summed E-state index contributed by atoms with van der Waals surface area (Å²) in [6, 6.07) is 4.54. The average Bonchev–Trinajstić information content (AvgIpc) is 3.14. The summed E-state index contributed by atoms with van der Waals surface area (Å²) in [5.74, 6) is -1.29. The number of carboxylic acid groups (broad SMARTS) is 1. The Hall–Kier alpha value is -2.13. The van der Waals surface area contributed by atoms with Crippen molar-refractivity contribution in [2.75, 3.05) is 0 Å². The molecule has 0 unspecified atom stereocenters. The second kappa shape index (κ2) is 5.25. The first kappa shape index (κ1) is 14.8. The molecule has 2 aromatic rings. The molecule has 5 nitrogen and oxygen atoms in total. The smallest absolute Gasteiger partial charge is 0.335 e. The summed E-state index contributed by atoms with van der Waals surface area (Å²) in [7, 11) is 0. The molecule has 1 fully saturated rings. The number of aromatic carboxylic acids is 1. The van der Waals surface area contributed by atoms with Crippen molar-refractivity contribution < 1.29 is 14.3 Å². The number of halogens is 2. The fraction of sp³-hybridized carbons (Fsp3) is 0.400. The van der Waals surface area contributed by atoms with E-state index in [1.807, 2.05) is 0 Å². The molecule has 0 radical (unpaired) electrons. The van der Waals surface area contributed by atoms with Gasteiger partial charge in [-0.3, -0.25) is 0 Å². The van der Waals surface area contributed by atoms with Crippen LogP contribution in [0.3, 0.4) is 0 Å². The summed E-state index contributed by atoms with van der Waals surface area (Å²) >= 11 is 5.90. The Kier molecular flexibility index (Phi) is 3.53. The van der Waals surface area contributed by atoms with E-state index in [9.17, 15) is 9.18 Å². The number of fused-ring (bicyclic) bond motifs is 1. The van der Waals surface area contributed by atoms with Crippen molar-refractivity contribution in [3.05, 3.63) is 29.3 Å². The van der Waals surface area contributed by atoms with Gasteiger partial charge in [-0.25, -0.2) is 14.2 Å². The standard InChI is InChI=1S/C15H13ClFN3O2/c16-7-12-19-13-10(17)5-9(14(21)22)6-11(13)20(12)8-15(1-2-15)3-4-18/h5-6H,1-3,7-8H2,(H,21,22). The van der Waals surface area contributed by atoms with Crippen LogP contribution < -0.4 is 0 Å². The van der Waals surface area contributed by atoms with Crippen molar-refractivity contribution in [3.63, 3.8) is 0 Å². The van der Waals surface area contributed by atoms with Gasteiger partial charge in [0.25, 0.3) is 0 Å². The molecule has 3 rings (SSSR count). The van der Waals surface area contributed by atoms with Gasteiger partial charge >= 0.3 is 5.97 Å². The third kappa shape index (κ3) is 2.42. The Morgan fingerprint density at radius 1 is 1.55 bits per heavy atom. The molecule has 1 aliphatic rings. The molecule has 114 valence electrons. The molecular formula is C15H13ClFN3O2. The van der Waals surface area contributed by atoms with Crippen molar-refractivity contribution in [2.24, 2.45) is 5.41 Å². The second-order valence-corrected chi connectivity index (χ2v) is 5.98. The van der Waals surface area contributed by atoms with Gasteiger partial charge in [-0.15, -0.1) is 11.6 Å². The molecule has 22 heavy (non-hydrogen) atoms. The average molecular weight is 322 g/mol. The summed E-state index contributed by atoms with van der Waals surface area (Å²) in [5, 5.41) is 18.0. The molecule has 1 saturated carbocycles. The van der Waals surface area contributed by atoms with E-state index in [0.717, 1.165) is 18.9 Å². The summed E-state index contributed by atoms with van der Waals surface area (Å²) in [4.78, 5) is 15.3. The van der Waals surface area contributed by atoms with E-state index in [4.69, 9.17) is 22.0 Å². The molecule has 1 aliphatic carbocycles. The number of imidazole rings is 1. The van der Waals surface area contributed by atoms with Crippen molar-refractivity contribution >= 4 is 28.6 Å². The Labute approximate surface area is 130 Å². The van der Waals surface area contributed by atoms with Crippen molar-refractivity contribution in [2.45, 2.75) is 31.7 Å². The quantitative estimate of drug-likeness (QED) is 0.857. The highest BCUT2D eigenvalue weighted by Gasteiger charge is 2.43. The van der Waals surface area contributed by atoms with Crippen molar-refractivity contribution in [1.82, 2.24) is 9.55 Å². The van der Waals surface area contributed by atoms with Crippen molar-refractivity contribution in [3.8, 4) is 6.07 Å². The third-order valence-electron chi connectivity index (χ3n) is 4.16. The first-order valence-electron chi connectivity index (χ1n) is 6.84. The normalized spacial score (nSPS) is 15.7. The minimum atomic E-state index is -1.20. The summed E-state index contributed by atoms with van der Waals surface area (Å²) in [6.07, 6.45) is 2.25. The Morgan fingerprint density at radius 3 is 2.82 bits per heavy atom. The topological polar surface area (TPSA) is 78.9 Å². The summed E-state index contributed by atoms with van der Waals surface area (Å²) in [6.45, 7) is 0.502. The number of nitrogens with zero attached hydrogens (tertiary/aromatic N) is 3. The summed E-state index contributed by atoms with van der Waals surface area (Å²) < 4.78 is 15.9. The third-order valence-corrected chi connectivity index (χ3v) is 4.40. The molecule has 1 N–H and O–H groups in total. The van der Waals surface area contributed by atoms with E-state index in [-0.39, 0.29) is 22.4 Å². The number of alkyl halides is 1. The summed E-state index contributed by atoms with van der Waals surface area (Å²) in [5.41, 5.74) is 0.280. The van der Waals surface area contributed by atoms with Crippen molar-refractivity contribution in [1.29, 1.82) is 5.26 Å². The largest absolute Gasteiger partial charge is 0.478 e. The van der Waals surface area contributed by atoms with Gasteiger partial charge in [0.15, 0.2) is 5.82 Å². The Balaban J connectivity index is 2.15. The maximum Gasteiger partial charge on any atom is 0.335 e. The minimum Gasteiger partial charge on any atom is -0.478 e. The maximum atomic E-state index is 14.1. The second-order valence-electron chi connectivity index (χ2n) is 5.71. The van der Waals surface area contributed by atoms with Crippen LogP contribution in [-0.2, 0) is 12.4 Å². The zero-order chi connectivity index (χ0) is 15.9. The lowest BCUT2D eigenvalue weighted by Crippen LogP contribution is -2.13. The number of benzene rings is 1. The van der Waals surface area contributed by atoms with Gasteiger partial charge in [0.05, 0.1) is 23.0 Å². The van der Waals surface area contributed by atoms with Gasteiger partial charge in [0, 0.05) is 18.4 Å². The fourth-order valence-electron chi connectivity index (χ4n) is 2.70. The van der Waals surface area contributed by atoms with Crippen LogP contribution in [0, 0.1) is 22.6 Å². The molecule has 0 amide bonds. The van der Waals surface area contributed by atoms with E-state index >= 15 is 0 Å². The Morgan fingerprint density at radius 2 is 2.27 bits per heavy atom. The van der Waals surface area contributed by atoms with Crippen LogP contribution in [0.25, 0.3) is 11.0 Å². The zero-order valence-corrected chi connectivity index (χ0v) is 12.4. The number of carbonyl (C=O) groups is 1. The van der Waals surface area contributed by atoms with Crippen LogP contribution in [-0.4, -0.2) is 20.6 Å². The van der Waals surface area contributed by atoms with E-state index < -0.39 is 11.8 Å². The molecule has 1 aromatic carbocycles. The van der Waals surface area contributed by atoms with E-state index in [0.29, 0.717) is 24.3 Å². The molecular weight excluding hydrogens is 309 g/mol. The van der Waals surface area contributed by atoms with Gasteiger partial charge in [-0.05, 0) is 25.0 Å². The molecule has 0 aliphatic heterocycles. The van der Waals surface area contributed by atoms with Crippen LogP contribution in [0.1, 0.15) is 35.4 Å². The SMILES string of the molecule is N#CCC1(Cn2c(CCl)nc3c(F)cc(C(=O)O)cc32)CC1. The van der Waals surface area contributed by atoms with Crippen LogP contribution in [0.15, 0.2) is 12.1 Å². The van der Waals surface area contributed by atoms with Gasteiger partial charge in [-0.1, -0.05) is 0 Å². The van der Waals surface area contributed by atoms with Gasteiger partial charge in [-0.2, -0.15) is 5.26 Å². The Bertz CT molecular complexity index is 805. The minimum absolute atomic E-state index is 0.0964. The zero-order valence-electron chi connectivity index (χ0n) is 11.6. The lowest BCUT2D eigenvalue weighted by molar-refractivity contribution is 0.0696. The lowest BCUT2D eigenvalue weighted by atomic mass is 10.0. The van der Waals surface area contributed by atoms with E-state index in [1.54, 1.807) is 4.57 Å². The van der Waals surface area contributed by atoms with Gasteiger partial charge < -0.3 is 9.67 Å². The highest BCUT2D eigenvalue weighted by molar-refractivity contribution is 6.16. The highest BCUT2D eigenvalue weighted by Crippen LogP contribution is 2.50. The van der Waals surface area contributed by atoms with E-state index in [2.05, 4.69) is 11.1 Å². The van der Waals surface area contributed by atoms with Gasteiger partial charge in [0.2, 0.25) is 0 Å². The number of hydrogen-bond acceptors (Lipinski definition) is 3. The molecule has 1 heterocycles. The molecule has 0 spiro atoms. The fourth-order valence-corrected chi connectivity index (χ4v) is 2.91. The lowest BCUT2D eigenvalue weighted by Gasteiger charge is -2.15. The molecule has 7 heteroatoms. The predicted molar refractivity (Wildman–Crippen MR) is 78.1 cm³/mol. The molecule has 0 bridgehead atoms. The van der Waals surface area contributed by atoms with E-state index in [1.165, 1.54) is 6.07 Å². The molecule has 0 saturated heterocycles. The maximum absolute atomic E-state index is 14.1. The van der Waals surface area contributed by atoms with Crippen LogP contribution in [0.2, 0.25) is 0 Å². The number of carboxylic acids is 1. The first-order valence-corrected chi connectivity index (χ1v) is 7.38. The number of nitriles is 1. The van der Waals surface area contributed by atoms with Crippen LogP contribution in [0.5, 0.6) is 0 Å². The first-order chi connectivity index (χ1) is 10.5. The number of aromatic nitrogens is 2. The number of hydrogen-bond donors (Lipinski definition) is 1. The number of rotatable bonds is 5.